The van der Waals surface area contributed by atoms with E-state index < -0.39 is 0 Å². The number of aromatic nitrogens is 1. The summed E-state index contributed by atoms with van der Waals surface area (Å²) < 4.78 is 0. The first-order valence-corrected chi connectivity index (χ1v) is 9.15. The fraction of sp³-hybridized carbons (Fsp3) is 0.824. The number of fused-ring (bicyclic) bond motifs is 5. The third-order valence-corrected chi connectivity index (χ3v) is 7.14. The molecule has 1 N–H and O–H groups in total. The van der Waals surface area contributed by atoms with Crippen LogP contribution in [-0.2, 0) is 0 Å². The second-order valence-corrected chi connectivity index (χ2v) is 8.73. The molecule has 1 aromatic rings. The SMILES string of the molecule is Cc1nc(C(C)NC2CC3CC2C2CCCC32)c(C)s1. The monoisotopic (exact) mass is 290 g/mol. The molecule has 3 saturated carbocycles. The molecule has 0 aromatic carbocycles. The first-order chi connectivity index (χ1) is 9.63. The van der Waals surface area contributed by atoms with Gasteiger partial charge in [0.05, 0.1) is 10.7 Å². The standard InChI is InChI=1S/C17H26N2S/c1-9(17-10(2)20-11(3)19-17)18-16-8-12-7-15(16)14-6-4-5-13(12)14/h9,12-16,18H,4-8H2,1-3H3. The number of hydrogen-bond donors (Lipinski definition) is 1. The second-order valence-electron chi connectivity index (χ2n) is 7.32. The van der Waals surface area contributed by atoms with Crippen molar-refractivity contribution in [3.63, 3.8) is 0 Å². The number of aryl methyl sites for hydroxylation is 2. The maximum atomic E-state index is 4.74. The predicted molar refractivity (Wildman–Crippen MR) is 84.0 cm³/mol. The Kier molecular flexibility index (Phi) is 3.19. The molecule has 3 aliphatic carbocycles. The first kappa shape index (κ1) is 13.3. The van der Waals surface area contributed by atoms with Gasteiger partial charge in [0.2, 0.25) is 0 Å². The lowest BCUT2D eigenvalue weighted by Crippen LogP contribution is -2.40. The zero-order valence-corrected chi connectivity index (χ0v) is 13.7. The highest BCUT2D eigenvalue weighted by Crippen LogP contribution is 2.58. The predicted octanol–water partition coefficient (Wildman–Crippen LogP) is 4.24. The van der Waals surface area contributed by atoms with Crippen LogP contribution >= 0.6 is 11.3 Å². The van der Waals surface area contributed by atoms with Gasteiger partial charge in [-0.05, 0) is 70.1 Å². The van der Waals surface area contributed by atoms with Crippen molar-refractivity contribution in [3.05, 3.63) is 15.6 Å². The summed E-state index contributed by atoms with van der Waals surface area (Å²) >= 11 is 1.84. The summed E-state index contributed by atoms with van der Waals surface area (Å²) in [5.74, 6) is 4.15. The molecule has 0 aliphatic heterocycles. The van der Waals surface area contributed by atoms with Gasteiger partial charge >= 0.3 is 0 Å². The van der Waals surface area contributed by atoms with Crippen LogP contribution in [0.3, 0.4) is 0 Å². The van der Waals surface area contributed by atoms with E-state index in [0.717, 1.165) is 29.7 Å². The van der Waals surface area contributed by atoms with Crippen molar-refractivity contribution in [1.82, 2.24) is 10.3 Å². The van der Waals surface area contributed by atoms with E-state index in [1.54, 1.807) is 0 Å². The maximum Gasteiger partial charge on any atom is 0.0900 e. The molecule has 6 unspecified atom stereocenters. The summed E-state index contributed by atoms with van der Waals surface area (Å²) in [4.78, 5) is 6.13. The van der Waals surface area contributed by atoms with Crippen LogP contribution in [0.5, 0.6) is 0 Å². The Bertz CT molecular complexity index is 509. The summed E-state index contributed by atoms with van der Waals surface area (Å²) in [6, 6.07) is 1.18. The highest BCUT2D eigenvalue weighted by molar-refractivity contribution is 7.11. The second kappa shape index (κ2) is 4.81. The highest BCUT2D eigenvalue weighted by atomic mass is 32.1. The number of rotatable bonds is 3. The average Bonchev–Trinajstić information content (AvgIpc) is 3.09. The van der Waals surface area contributed by atoms with E-state index in [1.807, 2.05) is 11.3 Å². The van der Waals surface area contributed by atoms with E-state index in [0.29, 0.717) is 6.04 Å². The van der Waals surface area contributed by atoms with Gasteiger partial charge in [0.15, 0.2) is 0 Å². The molecule has 4 rings (SSSR count). The van der Waals surface area contributed by atoms with Crippen LogP contribution in [0.25, 0.3) is 0 Å². The minimum Gasteiger partial charge on any atom is -0.306 e. The van der Waals surface area contributed by atoms with Crippen LogP contribution in [0.15, 0.2) is 0 Å². The Morgan fingerprint density at radius 1 is 1.15 bits per heavy atom. The molecule has 0 amide bonds. The normalized spacial score (nSPS) is 40.2. The van der Waals surface area contributed by atoms with Gasteiger partial charge in [-0.3, -0.25) is 0 Å². The van der Waals surface area contributed by atoms with E-state index in [9.17, 15) is 0 Å². The minimum atomic E-state index is 0.421. The molecule has 1 heterocycles. The number of thiazole rings is 1. The Hall–Kier alpha value is -0.410. The molecule has 1 aromatic heterocycles. The fourth-order valence-electron chi connectivity index (χ4n) is 5.61. The number of hydrogen-bond acceptors (Lipinski definition) is 3. The molecular formula is C17H26N2S. The number of nitrogens with zero attached hydrogens (tertiary/aromatic N) is 1. The quantitative estimate of drug-likeness (QED) is 0.901. The van der Waals surface area contributed by atoms with Crippen molar-refractivity contribution in [3.8, 4) is 0 Å². The molecule has 110 valence electrons. The summed E-state index contributed by atoms with van der Waals surface area (Å²) in [6.07, 6.45) is 7.47. The lowest BCUT2D eigenvalue weighted by molar-refractivity contribution is 0.199. The van der Waals surface area contributed by atoms with Crippen LogP contribution in [0, 0.1) is 37.5 Å². The van der Waals surface area contributed by atoms with Crippen LogP contribution in [-0.4, -0.2) is 11.0 Å². The molecule has 0 spiro atoms. The largest absolute Gasteiger partial charge is 0.306 e. The van der Waals surface area contributed by atoms with Crippen molar-refractivity contribution in [2.45, 2.75) is 65.0 Å². The molecule has 0 saturated heterocycles. The van der Waals surface area contributed by atoms with Crippen molar-refractivity contribution < 1.29 is 0 Å². The van der Waals surface area contributed by atoms with E-state index in [-0.39, 0.29) is 0 Å². The van der Waals surface area contributed by atoms with Crippen LogP contribution in [0.1, 0.15) is 60.6 Å². The van der Waals surface area contributed by atoms with Crippen LogP contribution in [0.4, 0.5) is 0 Å². The Morgan fingerprint density at radius 2 is 1.95 bits per heavy atom. The molecule has 6 atom stereocenters. The van der Waals surface area contributed by atoms with Gasteiger partial charge in [-0.15, -0.1) is 11.3 Å². The topological polar surface area (TPSA) is 24.9 Å². The molecule has 0 radical (unpaired) electrons. The third kappa shape index (κ3) is 1.97. The molecule has 20 heavy (non-hydrogen) atoms. The molecule has 3 aliphatic rings. The molecule has 2 bridgehead atoms. The fourth-order valence-corrected chi connectivity index (χ4v) is 6.52. The van der Waals surface area contributed by atoms with Crippen molar-refractivity contribution in [2.75, 3.05) is 0 Å². The number of nitrogens with one attached hydrogen (secondary N) is 1. The van der Waals surface area contributed by atoms with Crippen LogP contribution in [0.2, 0.25) is 0 Å². The Labute approximate surface area is 126 Å². The van der Waals surface area contributed by atoms with Crippen molar-refractivity contribution in [1.29, 1.82) is 0 Å². The summed E-state index contributed by atoms with van der Waals surface area (Å²) in [5, 5.41) is 5.14. The Morgan fingerprint density at radius 3 is 2.70 bits per heavy atom. The summed E-state index contributed by atoms with van der Waals surface area (Å²) in [7, 11) is 0. The van der Waals surface area contributed by atoms with Gasteiger partial charge in [0.1, 0.15) is 0 Å². The maximum absolute atomic E-state index is 4.74. The van der Waals surface area contributed by atoms with Crippen LogP contribution < -0.4 is 5.32 Å². The molecular weight excluding hydrogens is 264 g/mol. The lowest BCUT2D eigenvalue weighted by Gasteiger charge is -2.33. The van der Waals surface area contributed by atoms with Crippen molar-refractivity contribution >= 4 is 11.3 Å². The first-order valence-electron chi connectivity index (χ1n) is 8.33. The van der Waals surface area contributed by atoms with Gasteiger partial charge in [0, 0.05) is 17.0 Å². The van der Waals surface area contributed by atoms with Crippen molar-refractivity contribution in [2.24, 2.45) is 23.7 Å². The molecule has 3 heteroatoms. The third-order valence-electron chi connectivity index (χ3n) is 6.24. The van der Waals surface area contributed by atoms with Gasteiger partial charge in [-0.25, -0.2) is 4.98 Å². The lowest BCUT2D eigenvalue weighted by atomic mass is 9.79. The van der Waals surface area contributed by atoms with E-state index in [2.05, 4.69) is 26.1 Å². The van der Waals surface area contributed by atoms with E-state index in [1.165, 1.54) is 47.7 Å². The minimum absolute atomic E-state index is 0.421. The zero-order chi connectivity index (χ0) is 13.9. The van der Waals surface area contributed by atoms with Gasteiger partial charge in [-0.1, -0.05) is 6.42 Å². The highest BCUT2D eigenvalue weighted by Gasteiger charge is 2.53. The van der Waals surface area contributed by atoms with E-state index in [4.69, 9.17) is 4.98 Å². The van der Waals surface area contributed by atoms with Gasteiger partial charge < -0.3 is 5.32 Å². The summed E-state index contributed by atoms with van der Waals surface area (Å²) in [5.41, 5.74) is 1.29. The smallest absolute Gasteiger partial charge is 0.0900 e. The molecule has 3 fully saturated rings. The Balaban J connectivity index is 1.46. The zero-order valence-electron chi connectivity index (χ0n) is 12.9. The summed E-state index contributed by atoms with van der Waals surface area (Å²) in [6.45, 7) is 6.64. The molecule has 2 nitrogen and oxygen atoms in total. The average molecular weight is 290 g/mol. The van der Waals surface area contributed by atoms with Gasteiger partial charge in [0.25, 0.3) is 0 Å². The van der Waals surface area contributed by atoms with E-state index >= 15 is 0 Å². The van der Waals surface area contributed by atoms with Gasteiger partial charge in [-0.2, -0.15) is 0 Å².